The molecule has 37 heavy (non-hydrogen) atoms. The first kappa shape index (κ1) is 26.0. The lowest BCUT2D eigenvalue weighted by Gasteiger charge is -2.43. The van der Waals surface area contributed by atoms with Crippen molar-refractivity contribution in [3.8, 4) is 11.5 Å². The predicted molar refractivity (Wildman–Crippen MR) is 140 cm³/mol. The molecule has 0 saturated carbocycles. The molecule has 2 N–H and O–H groups in total. The number of rotatable bonds is 8. The Kier molecular flexibility index (Phi) is 8.59. The number of benzene rings is 3. The van der Waals surface area contributed by atoms with Crippen molar-refractivity contribution in [2.24, 2.45) is 0 Å². The zero-order valence-corrected chi connectivity index (χ0v) is 20.5. The van der Waals surface area contributed by atoms with Crippen LogP contribution >= 0.6 is 0 Å². The minimum absolute atomic E-state index is 0.234. The summed E-state index contributed by atoms with van der Waals surface area (Å²) in [5.41, 5.74) is 2.41. The van der Waals surface area contributed by atoms with Gasteiger partial charge in [0.2, 0.25) is 0 Å². The standard InChI is InChI=1S/C26H27NO2.C4H4O4/c1-3-10-21(11-4-1)26-16-18-27(17-9-19-28-22-12-5-2-6-13-22)20-24(26)23-14-7-8-15-25(23)29-26;5-3(6)1-2-4(7)8/h1-8,10-15,24H,9,16-20H2;1-2H,(H,5,6)(H,7,8)/t24-,26+;/m1./s1. The molecule has 192 valence electrons. The molecule has 2 aliphatic rings. The van der Waals surface area contributed by atoms with E-state index in [4.69, 9.17) is 19.7 Å². The van der Waals surface area contributed by atoms with Gasteiger partial charge in [0.15, 0.2) is 0 Å². The van der Waals surface area contributed by atoms with Gasteiger partial charge in [-0.2, -0.15) is 0 Å². The van der Waals surface area contributed by atoms with Crippen LogP contribution in [0.3, 0.4) is 0 Å². The van der Waals surface area contributed by atoms with Crippen LogP contribution in [0.15, 0.2) is 97.1 Å². The number of fused-ring (bicyclic) bond motifs is 3. The minimum Gasteiger partial charge on any atom is -0.494 e. The van der Waals surface area contributed by atoms with Gasteiger partial charge in [-0.25, -0.2) is 9.59 Å². The van der Waals surface area contributed by atoms with E-state index in [1.165, 1.54) is 11.1 Å². The van der Waals surface area contributed by atoms with Crippen LogP contribution in [-0.2, 0) is 15.2 Å². The molecular formula is C30H31NO6. The number of nitrogens with zero attached hydrogens (tertiary/aromatic N) is 1. The number of hydrogen-bond acceptors (Lipinski definition) is 5. The summed E-state index contributed by atoms with van der Waals surface area (Å²) in [6.45, 7) is 3.88. The third-order valence-electron chi connectivity index (χ3n) is 6.65. The van der Waals surface area contributed by atoms with Gasteiger partial charge in [0.05, 0.1) is 6.61 Å². The van der Waals surface area contributed by atoms with Crippen molar-refractivity contribution in [2.45, 2.75) is 24.4 Å². The van der Waals surface area contributed by atoms with Gasteiger partial charge >= 0.3 is 11.9 Å². The molecule has 2 aliphatic heterocycles. The molecule has 7 nitrogen and oxygen atoms in total. The maximum atomic E-state index is 9.55. The van der Waals surface area contributed by atoms with Gasteiger partial charge in [-0.05, 0) is 30.2 Å². The first-order chi connectivity index (χ1) is 18.0. The number of likely N-dealkylation sites (tertiary alicyclic amines) is 1. The van der Waals surface area contributed by atoms with Crippen molar-refractivity contribution < 1.29 is 29.3 Å². The van der Waals surface area contributed by atoms with E-state index in [1.54, 1.807) is 0 Å². The number of ether oxygens (including phenoxy) is 2. The van der Waals surface area contributed by atoms with Gasteiger partial charge < -0.3 is 24.6 Å². The Labute approximate surface area is 216 Å². The molecule has 3 aromatic carbocycles. The monoisotopic (exact) mass is 501 g/mol. The summed E-state index contributed by atoms with van der Waals surface area (Å²) < 4.78 is 12.5. The number of carboxylic acid groups (broad SMARTS) is 2. The second-order valence-corrected chi connectivity index (χ2v) is 9.02. The highest BCUT2D eigenvalue weighted by molar-refractivity contribution is 5.89. The van der Waals surface area contributed by atoms with Gasteiger partial charge in [-0.15, -0.1) is 0 Å². The normalized spacial score (nSPS) is 20.2. The van der Waals surface area contributed by atoms with Crippen molar-refractivity contribution in [3.05, 3.63) is 108 Å². The Morgan fingerprint density at radius 1 is 0.919 bits per heavy atom. The van der Waals surface area contributed by atoms with Crippen molar-refractivity contribution in [1.29, 1.82) is 0 Å². The highest BCUT2D eigenvalue weighted by atomic mass is 16.5. The average Bonchev–Trinajstić information content (AvgIpc) is 3.26. The van der Waals surface area contributed by atoms with Gasteiger partial charge in [0.1, 0.15) is 17.1 Å². The second kappa shape index (κ2) is 12.2. The zero-order chi connectivity index (χ0) is 26.1. The van der Waals surface area contributed by atoms with E-state index in [2.05, 4.69) is 59.5 Å². The maximum Gasteiger partial charge on any atom is 0.328 e. The van der Waals surface area contributed by atoms with Crippen molar-refractivity contribution in [2.75, 3.05) is 26.2 Å². The molecule has 0 aromatic heterocycles. The molecule has 0 aliphatic carbocycles. The summed E-state index contributed by atoms with van der Waals surface area (Å²) in [6.07, 6.45) is 3.16. The van der Waals surface area contributed by atoms with Crippen LogP contribution < -0.4 is 9.47 Å². The molecule has 1 fully saturated rings. The number of aliphatic carboxylic acids is 2. The smallest absolute Gasteiger partial charge is 0.328 e. The summed E-state index contributed by atoms with van der Waals surface area (Å²) in [4.78, 5) is 21.7. The molecule has 0 bridgehead atoms. The van der Waals surface area contributed by atoms with Crippen molar-refractivity contribution >= 4 is 11.9 Å². The highest BCUT2D eigenvalue weighted by Crippen LogP contribution is 2.54. The van der Waals surface area contributed by atoms with E-state index in [-0.39, 0.29) is 5.60 Å². The number of para-hydroxylation sites is 2. The minimum atomic E-state index is -1.26. The molecule has 0 radical (unpaired) electrons. The Hall–Kier alpha value is -4.10. The molecule has 5 rings (SSSR count). The third-order valence-corrected chi connectivity index (χ3v) is 6.65. The van der Waals surface area contributed by atoms with Gasteiger partial charge in [0.25, 0.3) is 0 Å². The van der Waals surface area contributed by atoms with Crippen LogP contribution in [0.4, 0.5) is 0 Å². The second-order valence-electron chi connectivity index (χ2n) is 9.02. The Morgan fingerprint density at radius 2 is 1.54 bits per heavy atom. The van der Waals surface area contributed by atoms with Crippen molar-refractivity contribution in [3.63, 3.8) is 0 Å². The van der Waals surface area contributed by atoms with Crippen LogP contribution in [-0.4, -0.2) is 53.3 Å². The van der Waals surface area contributed by atoms with Crippen LogP contribution in [0.25, 0.3) is 0 Å². The average molecular weight is 502 g/mol. The van der Waals surface area contributed by atoms with Gasteiger partial charge in [0, 0.05) is 49.7 Å². The summed E-state index contributed by atoms with van der Waals surface area (Å²) in [5.74, 6) is -0.146. The number of hydrogen-bond donors (Lipinski definition) is 2. The molecule has 7 heteroatoms. The quantitative estimate of drug-likeness (QED) is 0.333. The van der Waals surface area contributed by atoms with Gasteiger partial charge in [-0.1, -0.05) is 66.7 Å². The Balaban J connectivity index is 0.000000349. The molecule has 0 unspecified atom stereocenters. The number of carbonyl (C=O) groups is 2. The molecule has 0 spiro atoms. The van der Waals surface area contributed by atoms with Crippen molar-refractivity contribution in [1.82, 2.24) is 4.90 Å². The first-order valence-corrected chi connectivity index (χ1v) is 12.4. The largest absolute Gasteiger partial charge is 0.494 e. The number of carboxylic acids is 2. The first-order valence-electron chi connectivity index (χ1n) is 12.4. The predicted octanol–water partition coefficient (Wildman–Crippen LogP) is 4.94. The Bertz CT molecular complexity index is 1200. The lowest BCUT2D eigenvalue weighted by molar-refractivity contribution is -0.134. The fourth-order valence-electron chi connectivity index (χ4n) is 4.99. The van der Waals surface area contributed by atoms with E-state index < -0.39 is 11.9 Å². The SMILES string of the molecule is O=C(O)C=CC(=O)O.c1ccc(OCCCN2CC[C@@]3(c4ccccc4)Oc4ccccc4[C@H]3C2)cc1. The molecule has 2 heterocycles. The molecule has 0 amide bonds. The van der Waals surface area contributed by atoms with E-state index in [0.29, 0.717) is 18.1 Å². The van der Waals surface area contributed by atoms with Crippen LogP contribution in [0, 0.1) is 0 Å². The van der Waals surface area contributed by atoms with E-state index in [9.17, 15) is 9.59 Å². The van der Waals surface area contributed by atoms with Crippen LogP contribution in [0.2, 0.25) is 0 Å². The topological polar surface area (TPSA) is 96.3 Å². The van der Waals surface area contributed by atoms with Gasteiger partial charge in [-0.3, -0.25) is 0 Å². The fraction of sp³-hybridized carbons (Fsp3) is 0.267. The maximum absolute atomic E-state index is 9.55. The summed E-state index contributed by atoms with van der Waals surface area (Å²) in [7, 11) is 0. The van der Waals surface area contributed by atoms with E-state index in [0.717, 1.165) is 50.6 Å². The lowest BCUT2D eigenvalue weighted by atomic mass is 9.74. The Morgan fingerprint density at radius 3 is 2.22 bits per heavy atom. The zero-order valence-electron chi connectivity index (χ0n) is 20.5. The van der Waals surface area contributed by atoms with E-state index >= 15 is 0 Å². The highest BCUT2D eigenvalue weighted by Gasteiger charge is 2.52. The number of piperidine rings is 1. The summed E-state index contributed by atoms with van der Waals surface area (Å²) in [5, 5.41) is 15.6. The van der Waals surface area contributed by atoms with E-state index in [1.807, 2.05) is 30.3 Å². The molecule has 3 aromatic rings. The molecule has 1 saturated heterocycles. The summed E-state index contributed by atoms with van der Waals surface area (Å²) >= 11 is 0. The fourth-order valence-corrected chi connectivity index (χ4v) is 4.99. The summed E-state index contributed by atoms with van der Waals surface area (Å²) in [6, 6.07) is 29.4. The van der Waals surface area contributed by atoms with Crippen LogP contribution in [0.5, 0.6) is 11.5 Å². The third kappa shape index (κ3) is 6.57. The van der Waals surface area contributed by atoms with Crippen LogP contribution in [0.1, 0.15) is 29.9 Å². The lowest BCUT2D eigenvalue weighted by Crippen LogP contribution is -2.49. The molecule has 2 atom stereocenters. The molecular weight excluding hydrogens is 470 g/mol.